The molecule has 3 aromatic carbocycles. The zero-order valence-corrected chi connectivity index (χ0v) is 45.4. The quantitative estimate of drug-likeness (QED) is 0.0682. The van der Waals surface area contributed by atoms with Gasteiger partial charge in [0.25, 0.3) is 0 Å². The maximum absolute atomic E-state index is 14.2. The number of aliphatic imine (C=N–C) groups is 1. The fraction of sp³-hybridized carbons (Fsp3) is 0.404. The SMILES string of the molecule is Cc1ccsc1-c1ccc(CNC(=O)[C@@H]2C[C@@H](C)CN2C(=O)[C@@H](NC(=O)COCCCCCOc2cccc(NC(=O)CC3N=C(c4ccc(Cl)cc4)c4c(sc(C)c4C)-n4c3cnc4C)c2)C(C)(C)C)cc1. The topological polar surface area (TPSA) is 156 Å². The van der Waals surface area contributed by atoms with E-state index in [2.05, 4.69) is 69.9 Å². The Morgan fingerprint density at radius 1 is 0.904 bits per heavy atom. The Morgan fingerprint density at radius 3 is 2.37 bits per heavy atom. The number of carbonyl (C=O) groups is 4. The molecule has 13 nitrogen and oxygen atoms in total. The Kier molecular flexibility index (Phi) is 17.0. The number of nitrogens with zero attached hydrogens (tertiary/aromatic N) is 4. The van der Waals surface area contributed by atoms with Crippen LogP contribution in [0.2, 0.25) is 5.02 Å². The summed E-state index contributed by atoms with van der Waals surface area (Å²) >= 11 is 9.69. The van der Waals surface area contributed by atoms with Gasteiger partial charge in [0.1, 0.15) is 41.3 Å². The first-order valence-corrected chi connectivity index (χ1v) is 27.1. The van der Waals surface area contributed by atoms with Crippen LogP contribution in [0.5, 0.6) is 5.75 Å². The zero-order valence-electron chi connectivity index (χ0n) is 43.0. The molecular formula is C57H66ClN7O6S2. The fourth-order valence-corrected chi connectivity index (χ4v) is 11.7. The number of anilines is 1. The monoisotopic (exact) mass is 1040 g/mol. The third-order valence-electron chi connectivity index (χ3n) is 13.5. The highest BCUT2D eigenvalue weighted by Crippen LogP contribution is 2.41. The van der Waals surface area contributed by atoms with Crippen LogP contribution in [0.25, 0.3) is 15.4 Å². The number of unbranched alkanes of at least 4 members (excludes halogenated alkanes) is 2. The first-order valence-electron chi connectivity index (χ1n) is 25.0. The van der Waals surface area contributed by atoms with Crippen molar-refractivity contribution in [3.63, 3.8) is 0 Å². The molecule has 1 unspecified atom stereocenters. The molecule has 16 heteroatoms. The van der Waals surface area contributed by atoms with Gasteiger partial charge in [-0.2, -0.15) is 0 Å². The number of rotatable bonds is 19. The number of likely N-dealkylation sites (tertiary alicyclic amines) is 1. The molecule has 1 saturated heterocycles. The number of benzene rings is 3. The number of ether oxygens (including phenoxy) is 2. The normalized spacial score (nSPS) is 16.8. The summed E-state index contributed by atoms with van der Waals surface area (Å²) < 4.78 is 14.0. The molecule has 2 aliphatic heterocycles. The van der Waals surface area contributed by atoms with Gasteiger partial charge in [-0.1, -0.05) is 81.8 Å². The van der Waals surface area contributed by atoms with Crippen molar-refractivity contribution >= 4 is 69.3 Å². The molecule has 0 aliphatic carbocycles. The Labute approximate surface area is 441 Å². The molecule has 0 radical (unpaired) electrons. The Hall–Kier alpha value is -6.13. The fourth-order valence-electron chi connectivity index (χ4n) is 9.46. The second-order valence-electron chi connectivity index (χ2n) is 20.3. The molecule has 8 rings (SSSR count). The number of fused-ring (bicyclic) bond motifs is 3. The van der Waals surface area contributed by atoms with Crippen molar-refractivity contribution in [3.05, 3.63) is 140 Å². The minimum Gasteiger partial charge on any atom is -0.494 e. The minimum atomic E-state index is -0.843. The van der Waals surface area contributed by atoms with Crippen molar-refractivity contribution < 1.29 is 28.7 Å². The molecule has 6 aromatic rings. The third kappa shape index (κ3) is 12.8. The summed E-state index contributed by atoms with van der Waals surface area (Å²) in [5.74, 6) is 0.563. The van der Waals surface area contributed by atoms with E-state index in [0.717, 1.165) is 62.9 Å². The van der Waals surface area contributed by atoms with Gasteiger partial charge in [-0.25, -0.2) is 4.98 Å². The molecule has 5 heterocycles. The number of hydrogen-bond acceptors (Lipinski definition) is 10. The van der Waals surface area contributed by atoms with E-state index >= 15 is 0 Å². The molecule has 3 N–H and O–H groups in total. The average Bonchev–Trinajstić information content (AvgIpc) is 4.13. The van der Waals surface area contributed by atoms with Gasteiger partial charge in [0.2, 0.25) is 23.6 Å². The highest BCUT2D eigenvalue weighted by Gasteiger charge is 2.44. The molecule has 3 aromatic heterocycles. The number of nitrogens with one attached hydrogen (secondary N) is 3. The van der Waals surface area contributed by atoms with E-state index in [1.807, 2.05) is 101 Å². The van der Waals surface area contributed by atoms with Gasteiger partial charge in [-0.15, -0.1) is 22.7 Å². The summed E-state index contributed by atoms with van der Waals surface area (Å²) in [6, 6.07) is 23.4. The number of amides is 4. The molecule has 4 atom stereocenters. The van der Waals surface area contributed by atoms with Gasteiger partial charge in [-0.3, -0.25) is 28.7 Å². The third-order valence-corrected chi connectivity index (χ3v) is 16.0. The summed E-state index contributed by atoms with van der Waals surface area (Å²) in [7, 11) is 0. The van der Waals surface area contributed by atoms with Crippen LogP contribution >= 0.6 is 34.3 Å². The van der Waals surface area contributed by atoms with Gasteiger partial charge in [0, 0.05) is 57.4 Å². The number of halogens is 1. The second kappa shape index (κ2) is 23.4. The van der Waals surface area contributed by atoms with Crippen LogP contribution in [0.1, 0.15) is 110 Å². The van der Waals surface area contributed by atoms with Crippen LogP contribution in [0.15, 0.2) is 95.4 Å². The predicted octanol–water partition coefficient (Wildman–Crippen LogP) is 11.1. The molecule has 0 spiro atoms. The van der Waals surface area contributed by atoms with Crippen molar-refractivity contribution in [1.82, 2.24) is 25.1 Å². The second-order valence-corrected chi connectivity index (χ2v) is 22.9. The number of imidazole rings is 1. The number of thiophene rings is 2. The van der Waals surface area contributed by atoms with E-state index in [1.165, 1.54) is 15.3 Å². The van der Waals surface area contributed by atoms with Crippen LogP contribution < -0.4 is 20.7 Å². The summed E-state index contributed by atoms with van der Waals surface area (Å²) in [5.41, 5.74) is 8.16. The van der Waals surface area contributed by atoms with Crippen LogP contribution in [-0.2, 0) is 30.5 Å². The van der Waals surface area contributed by atoms with Gasteiger partial charge < -0.3 is 30.3 Å². The van der Waals surface area contributed by atoms with Crippen LogP contribution in [-0.4, -0.2) is 82.2 Å². The van der Waals surface area contributed by atoms with E-state index in [4.69, 9.17) is 26.1 Å². The summed E-state index contributed by atoms with van der Waals surface area (Å²) in [4.78, 5) is 68.7. The van der Waals surface area contributed by atoms with Crippen molar-refractivity contribution in [2.45, 2.75) is 112 Å². The lowest BCUT2D eigenvalue weighted by atomic mass is 9.85. The van der Waals surface area contributed by atoms with Crippen molar-refractivity contribution in [2.24, 2.45) is 16.3 Å². The lowest BCUT2D eigenvalue weighted by Gasteiger charge is -2.35. The molecule has 1 fully saturated rings. The molecule has 2 aliphatic rings. The van der Waals surface area contributed by atoms with Crippen LogP contribution in [0.4, 0.5) is 5.69 Å². The largest absolute Gasteiger partial charge is 0.494 e. The average molecular weight is 1040 g/mol. The summed E-state index contributed by atoms with van der Waals surface area (Å²) in [6.07, 6.45) is 4.75. The van der Waals surface area contributed by atoms with Gasteiger partial charge >= 0.3 is 0 Å². The van der Waals surface area contributed by atoms with Crippen molar-refractivity contribution in [1.29, 1.82) is 0 Å². The van der Waals surface area contributed by atoms with E-state index in [0.29, 0.717) is 55.6 Å². The molecular weight excluding hydrogens is 978 g/mol. The van der Waals surface area contributed by atoms with Crippen LogP contribution in [0, 0.1) is 39.0 Å². The highest BCUT2D eigenvalue weighted by molar-refractivity contribution is 7.15. The van der Waals surface area contributed by atoms with Crippen LogP contribution in [0.3, 0.4) is 0 Å². The number of hydrogen-bond donors (Lipinski definition) is 3. The van der Waals surface area contributed by atoms with E-state index in [-0.39, 0.29) is 42.6 Å². The predicted molar refractivity (Wildman–Crippen MR) is 292 cm³/mol. The lowest BCUT2D eigenvalue weighted by molar-refractivity contribution is -0.144. The van der Waals surface area contributed by atoms with Gasteiger partial charge in [0.15, 0.2) is 0 Å². The summed E-state index contributed by atoms with van der Waals surface area (Å²) in [6.45, 7) is 17.5. The zero-order chi connectivity index (χ0) is 52.0. The van der Waals surface area contributed by atoms with E-state index in [9.17, 15) is 19.2 Å². The maximum Gasteiger partial charge on any atom is 0.246 e. The maximum atomic E-state index is 14.2. The minimum absolute atomic E-state index is 0.103. The number of carbonyl (C=O) groups excluding carboxylic acids is 4. The van der Waals surface area contributed by atoms with Crippen molar-refractivity contribution in [2.75, 3.05) is 31.7 Å². The number of aromatic nitrogens is 2. The Bertz CT molecular complexity index is 2970. The lowest BCUT2D eigenvalue weighted by Crippen LogP contribution is -2.58. The van der Waals surface area contributed by atoms with Gasteiger partial charge in [-0.05, 0) is 123 Å². The van der Waals surface area contributed by atoms with E-state index in [1.54, 1.807) is 27.6 Å². The van der Waals surface area contributed by atoms with E-state index < -0.39 is 23.5 Å². The first-order chi connectivity index (χ1) is 34.9. The molecule has 0 saturated carbocycles. The molecule has 4 amide bonds. The highest BCUT2D eigenvalue weighted by atomic mass is 35.5. The smallest absolute Gasteiger partial charge is 0.246 e. The molecule has 0 bridgehead atoms. The molecule has 73 heavy (non-hydrogen) atoms. The standard InChI is InChI=1S/C57H66ClN7O6S2/c1-34-27-46(54(68)60-30-39-15-17-41(18-16-39)52-35(2)23-26-72-52)64(32-34)55(69)53(57(6,7)8)63-49(67)33-70-24-10-9-11-25-71-44-14-12-13-43(28-44)61-48(66)29-45-47-31-59-38(5)65(47)56-50(36(3)37(4)73-56)51(62-45)40-19-21-42(58)22-20-40/h12-23,26,28,31,34,45-46,53H,9-11,24-25,27,29-30,32-33H2,1-8H3,(H,60,68)(H,61,66)(H,63,67)/t34-,45?,46+,53-/m1/s1. The number of aryl methyl sites for hydroxylation is 3. The Balaban J connectivity index is 0.769. The molecule has 384 valence electrons. The first kappa shape index (κ1) is 53.2. The summed E-state index contributed by atoms with van der Waals surface area (Å²) in [5, 5.41) is 12.8. The van der Waals surface area contributed by atoms with Crippen molar-refractivity contribution in [3.8, 4) is 21.2 Å². The van der Waals surface area contributed by atoms with Gasteiger partial charge in [0.05, 0.1) is 30.6 Å². The Morgan fingerprint density at radius 2 is 1.64 bits per heavy atom.